The van der Waals surface area contributed by atoms with Crippen LogP contribution in [0.15, 0.2) is 24.3 Å². The van der Waals surface area contributed by atoms with E-state index in [-0.39, 0.29) is 0 Å². The van der Waals surface area contributed by atoms with E-state index in [9.17, 15) is 0 Å². The van der Waals surface area contributed by atoms with Gasteiger partial charge in [-0.15, -0.1) is 0 Å². The number of ether oxygens (including phenoxy) is 1. The summed E-state index contributed by atoms with van der Waals surface area (Å²) in [5.41, 5.74) is 1.29. The highest BCUT2D eigenvalue weighted by Crippen LogP contribution is 2.32. The Hall–Kier alpha value is -1.02. The molecule has 0 spiro atoms. The molecule has 1 unspecified atom stereocenters. The monoisotopic (exact) mass is 233 g/mol. The lowest BCUT2D eigenvalue weighted by Crippen LogP contribution is -2.31. The van der Waals surface area contributed by atoms with Gasteiger partial charge in [-0.25, -0.2) is 0 Å². The van der Waals surface area contributed by atoms with E-state index in [1.807, 2.05) is 6.07 Å². The molecule has 2 rings (SSSR count). The zero-order valence-corrected chi connectivity index (χ0v) is 10.9. The van der Waals surface area contributed by atoms with Crippen LogP contribution in [0.2, 0.25) is 0 Å². The fourth-order valence-corrected chi connectivity index (χ4v) is 2.15. The van der Waals surface area contributed by atoms with Crippen molar-refractivity contribution in [2.45, 2.75) is 39.2 Å². The van der Waals surface area contributed by atoms with Gasteiger partial charge >= 0.3 is 0 Å². The molecular formula is C15H23NO. The molecule has 94 valence electrons. The summed E-state index contributed by atoms with van der Waals surface area (Å²) in [7, 11) is 0. The second-order valence-corrected chi connectivity index (χ2v) is 4.89. The maximum absolute atomic E-state index is 5.82. The molecular weight excluding hydrogens is 210 g/mol. The Morgan fingerprint density at radius 1 is 1.35 bits per heavy atom. The largest absolute Gasteiger partial charge is 0.492 e. The molecule has 0 heterocycles. The fraction of sp³-hybridized carbons (Fsp3) is 0.600. The van der Waals surface area contributed by atoms with Gasteiger partial charge in [-0.2, -0.15) is 0 Å². The van der Waals surface area contributed by atoms with E-state index in [4.69, 9.17) is 4.74 Å². The Morgan fingerprint density at radius 3 is 2.82 bits per heavy atom. The normalized spacial score (nSPS) is 16.8. The van der Waals surface area contributed by atoms with E-state index >= 15 is 0 Å². The van der Waals surface area contributed by atoms with Crippen molar-refractivity contribution in [1.29, 1.82) is 0 Å². The predicted molar refractivity (Wildman–Crippen MR) is 71.5 cm³/mol. The third-order valence-corrected chi connectivity index (χ3v) is 3.51. The third-order valence-electron chi connectivity index (χ3n) is 3.51. The highest BCUT2D eigenvalue weighted by molar-refractivity contribution is 5.33. The van der Waals surface area contributed by atoms with Gasteiger partial charge in [0.15, 0.2) is 0 Å². The first kappa shape index (κ1) is 12.4. The molecule has 1 aliphatic carbocycles. The van der Waals surface area contributed by atoms with Crippen LogP contribution in [0.4, 0.5) is 0 Å². The Labute approximate surface area is 104 Å². The SMILES string of the molecule is CCc1ccccc1OCCNC(C)C1CC1. The van der Waals surface area contributed by atoms with Crippen molar-refractivity contribution in [1.82, 2.24) is 5.32 Å². The minimum absolute atomic E-state index is 0.653. The van der Waals surface area contributed by atoms with E-state index < -0.39 is 0 Å². The molecule has 1 aromatic carbocycles. The van der Waals surface area contributed by atoms with Crippen LogP contribution in [-0.2, 0) is 6.42 Å². The Bertz CT molecular complexity index is 347. The van der Waals surface area contributed by atoms with Crippen LogP contribution in [0.1, 0.15) is 32.3 Å². The van der Waals surface area contributed by atoms with Crippen LogP contribution in [0.5, 0.6) is 5.75 Å². The van der Waals surface area contributed by atoms with E-state index in [1.165, 1.54) is 18.4 Å². The summed E-state index contributed by atoms with van der Waals surface area (Å²) < 4.78 is 5.82. The van der Waals surface area contributed by atoms with Gasteiger partial charge in [0.05, 0.1) is 0 Å². The van der Waals surface area contributed by atoms with Crippen LogP contribution >= 0.6 is 0 Å². The standard InChI is InChI=1S/C15H23NO/c1-3-13-6-4-5-7-15(13)17-11-10-16-12(2)14-8-9-14/h4-7,12,14,16H,3,8-11H2,1-2H3. The second-order valence-electron chi connectivity index (χ2n) is 4.89. The van der Waals surface area contributed by atoms with E-state index in [0.717, 1.165) is 31.2 Å². The van der Waals surface area contributed by atoms with Crippen molar-refractivity contribution >= 4 is 0 Å². The molecule has 0 saturated heterocycles. The molecule has 2 heteroatoms. The van der Waals surface area contributed by atoms with Crippen molar-refractivity contribution in [3.05, 3.63) is 29.8 Å². The zero-order chi connectivity index (χ0) is 12.1. The molecule has 1 aromatic rings. The lowest BCUT2D eigenvalue weighted by molar-refractivity contribution is 0.301. The molecule has 0 aromatic heterocycles. The van der Waals surface area contributed by atoms with E-state index in [2.05, 4.69) is 37.4 Å². The first-order valence-corrected chi connectivity index (χ1v) is 6.75. The van der Waals surface area contributed by atoms with Crippen molar-refractivity contribution in [2.75, 3.05) is 13.2 Å². The maximum atomic E-state index is 5.82. The van der Waals surface area contributed by atoms with Crippen molar-refractivity contribution < 1.29 is 4.74 Å². The smallest absolute Gasteiger partial charge is 0.122 e. The van der Waals surface area contributed by atoms with Crippen molar-refractivity contribution in [2.24, 2.45) is 5.92 Å². The van der Waals surface area contributed by atoms with Crippen LogP contribution in [-0.4, -0.2) is 19.2 Å². The number of rotatable bonds is 7. The Morgan fingerprint density at radius 2 is 2.12 bits per heavy atom. The number of nitrogens with one attached hydrogen (secondary N) is 1. The average molecular weight is 233 g/mol. The lowest BCUT2D eigenvalue weighted by atomic mass is 10.1. The fourth-order valence-electron chi connectivity index (χ4n) is 2.15. The van der Waals surface area contributed by atoms with E-state index in [1.54, 1.807) is 0 Å². The molecule has 1 N–H and O–H groups in total. The van der Waals surface area contributed by atoms with Crippen LogP contribution < -0.4 is 10.1 Å². The highest BCUT2D eigenvalue weighted by Gasteiger charge is 2.27. The molecule has 0 radical (unpaired) electrons. The second kappa shape index (κ2) is 6.06. The molecule has 0 amide bonds. The summed E-state index contributed by atoms with van der Waals surface area (Å²) in [6.45, 7) is 6.14. The van der Waals surface area contributed by atoms with E-state index in [0.29, 0.717) is 6.04 Å². The predicted octanol–water partition coefficient (Wildman–Crippen LogP) is 3.02. The summed E-state index contributed by atoms with van der Waals surface area (Å²) in [6.07, 6.45) is 3.82. The molecule has 1 fully saturated rings. The Balaban J connectivity index is 1.70. The topological polar surface area (TPSA) is 21.3 Å². The molecule has 2 nitrogen and oxygen atoms in total. The van der Waals surface area contributed by atoms with Crippen molar-refractivity contribution in [3.63, 3.8) is 0 Å². The molecule has 1 aliphatic rings. The molecule has 1 saturated carbocycles. The average Bonchev–Trinajstić information content (AvgIpc) is 3.19. The highest BCUT2D eigenvalue weighted by atomic mass is 16.5. The number of aryl methyl sites for hydroxylation is 1. The number of hydrogen-bond acceptors (Lipinski definition) is 2. The van der Waals surface area contributed by atoms with Gasteiger partial charge < -0.3 is 10.1 Å². The van der Waals surface area contributed by atoms with Crippen LogP contribution in [0.25, 0.3) is 0 Å². The minimum atomic E-state index is 0.653. The van der Waals surface area contributed by atoms with Gasteiger partial charge in [-0.3, -0.25) is 0 Å². The first-order valence-electron chi connectivity index (χ1n) is 6.75. The quantitative estimate of drug-likeness (QED) is 0.731. The lowest BCUT2D eigenvalue weighted by Gasteiger charge is -2.14. The van der Waals surface area contributed by atoms with Gasteiger partial charge in [0, 0.05) is 12.6 Å². The summed E-state index contributed by atoms with van der Waals surface area (Å²) in [6, 6.07) is 8.95. The summed E-state index contributed by atoms with van der Waals surface area (Å²) in [5, 5.41) is 3.53. The number of hydrogen-bond donors (Lipinski definition) is 1. The Kier molecular flexibility index (Phi) is 4.43. The van der Waals surface area contributed by atoms with Gasteiger partial charge in [0.2, 0.25) is 0 Å². The summed E-state index contributed by atoms with van der Waals surface area (Å²) >= 11 is 0. The minimum Gasteiger partial charge on any atom is -0.492 e. The van der Waals surface area contributed by atoms with Crippen LogP contribution in [0.3, 0.4) is 0 Å². The van der Waals surface area contributed by atoms with Gasteiger partial charge in [0.1, 0.15) is 12.4 Å². The van der Waals surface area contributed by atoms with Gasteiger partial charge in [-0.05, 0) is 43.7 Å². The molecule has 17 heavy (non-hydrogen) atoms. The molecule has 1 atom stereocenters. The summed E-state index contributed by atoms with van der Waals surface area (Å²) in [4.78, 5) is 0. The third kappa shape index (κ3) is 3.74. The maximum Gasteiger partial charge on any atom is 0.122 e. The molecule has 0 bridgehead atoms. The van der Waals surface area contributed by atoms with Gasteiger partial charge in [0.25, 0.3) is 0 Å². The van der Waals surface area contributed by atoms with Gasteiger partial charge in [-0.1, -0.05) is 25.1 Å². The first-order chi connectivity index (χ1) is 8.31. The number of benzene rings is 1. The number of para-hydroxylation sites is 1. The van der Waals surface area contributed by atoms with Crippen molar-refractivity contribution in [3.8, 4) is 5.75 Å². The zero-order valence-electron chi connectivity index (χ0n) is 10.9. The summed E-state index contributed by atoms with van der Waals surface area (Å²) in [5.74, 6) is 1.95. The molecule has 0 aliphatic heterocycles. The van der Waals surface area contributed by atoms with Crippen LogP contribution in [0, 0.1) is 5.92 Å².